The fourth-order valence-corrected chi connectivity index (χ4v) is 3.14. The molecule has 1 atom stereocenters. The smallest absolute Gasteiger partial charge is 0.312 e. The molecule has 3 N–H and O–H groups in total. The lowest BCUT2D eigenvalue weighted by Gasteiger charge is -2.39. The summed E-state index contributed by atoms with van der Waals surface area (Å²) in [6.07, 6.45) is 0.363. The van der Waals surface area contributed by atoms with Gasteiger partial charge in [0.05, 0.1) is 6.42 Å². The lowest BCUT2D eigenvalue weighted by molar-refractivity contribution is -0.142. The van der Waals surface area contributed by atoms with Crippen molar-refractivity contribution in [3.8, 4) is 0 Å². The predicted molar refractivity (Wildman–Crippen MR) is 104 cm³/mol. The number of rotatable bonds is 4. The molecular weight excluding hydrogens is 344 g/mol. The number of aryl methyl sites for hydroxylation is 1. The Balaban J connectivity index is 1.93. The normalized spacial score (nSPS) is 16.0. The lowest BCUT2D eigenvalue weighted by Crippen LogP contribution is -2.59. The maximum absolute atomic E-state index is 12.8. The number of urea groups is 1. The van der Waals surface area contributed by atoms with Gasteiger partial charge in [-0.25, -0.2) is 4.79 Å². The van der Waals surface area contributed by atoms with Gasteiger partial charge in [0, 0.05) is 26.2 Å². The van der Waals surface area contributed by atoms with Gasteiger partial charge in [0.1, 0.15) is 6.04 Å². The first kappa shape index (κ1) is 20.7. The van der Waals surface area contributed by atoms with Crippen LogP contribution in [-0.4, -0.2) is 59.9 Å². The van der Waals surface area contributed by atoms with E-state index in [1.807, 2.05) is 52.0 Å². The monoisotopic (exact) mass is 374 g/mol. The van der Waals surface area contributed by atoms with Crippen LogP contribution in [0.15, 0.2) is 24.3 Å². The van der Waals surface area contributed by atoms with Crippen LogP contribution in [0.2, 0.25) is 0 Å². The average Bonchev–Trinajstić information content (AvgIpc) is 2.60. The molecule has 0 radical (unpaired) electrons. The zero-order chi connectivity index (χ0) is 20.2. The minimum atomic E-state index is -0.713. The quantitative estimate of drug-likeness (QED) is 0.831. The van der Waals surface area contributed by atoms with Crippen molar-refractivity contribution in [2.24, 2.45) is 11.1 Å². The molecule has 1 aliphatic heterocycles. The minimum Gasteiger partial charge on any atom is -0.352 e. The van der Waals surface area contributed by atoms with Crippen LogP contribution in [-0.2, 0) is 16.0 Å². The molecule has 2 rings (SSSR count). The molecule has 1 unspecified atom stereocenters. The largest absolute Gasteiger partial charge is 0.352 e. The van der Waals surface area contributed by atoms with Crippen LogP contribution in [0.3, 0.4) is 0 Å². The number of nitrogens with zero attached hydrogens (tertiary/aromatic N) is 2. The molecule has 1 aliphatic rings. The van der Waals surface area contributed by atoms with Crippen LogP contribution in [0.4, 0.5) is 4.79 Å². The molecule has 1 saturated heterocycles. The van der Waals surface area contributed by atoms with Crippen molar-refractivity contribution in [1.29, 1.82) is 0 Å². The molecule has 0 bridgehead atoms. The van der Waals surface area contributed by atoms with Crippen molar-refractivity contribution in [3.63, 3.8) is 0 Å². The number of primary amides is 1. The lowest BCUT2D eigenvalue weighted by atomic mass is 9.85. The highest BCUT2D eigenvalue weighted by Crippen LogP contribution is 2.22. The highest BCUT2D eigenvalue weighted by molar-refractivity contribution is 5.87. The van der Waals surface area contributed by atoms with Gasteiger partial charge in [-0.05, 0) is 17.9 Å². The van der Waals surface area contributed by atoms with Gasteiger partial charge in [-0.3, -0.25) is 9.59 Å². The molecule has 1 aromatic carbocycles. The fourth-order valence-electron chi connectivity index (χ4n) is 3.14. The SMILES string of the molecule is Cc1ccc(CC(=O)N2CCN(C(=O)C(NC(N)=O)C(C)(C)C)CC2)cc1. The number of carbonyl (C=O) groups is 3. The molecule has 0 aliphatic carbocycles. The summed E-state index contributed by atoms with van der Waals surface area (Å²) in [4.78, 5) is 40.1. The van der Waals surface area contributed by atoms with Gasteiger partial charge in [-0.2, -0.15) is 0 Å². The van der Waals surface area contributed by atoms with Crippen molar-refractivity contribution in [2.75, 3.05) is 26.2 Å². The standard InChI is InChI=1S/C20H30N4O3/c1-14-5-7-15(8-6-14)13-16(25)23-9-11-24(12-10-23)18(26)17(20(2,3)4)22-19(21)27/h5-8,17H,9-13H2,1-4H3,(H3,21,22,27). The van der Waals surface area contributed by atoms with Crippen molar-refractivity contribution in [1.82, 2.24) is 15.1 Å². The Morgan fingerprint density at radius 3 is 2.04 bits per heavy atom. The van der Waals surface area contributed by atoms with E-state index in [9.17, 15) is 14.4 Å². The van der Waals surface area contributed by atoms with Crippen LogP contribution in [0, 0.1) is 12.3 Å². The Hall–Kier alpha value is -2.57. The predicted octanol–water partition coefficient (Wildman–Crippen LogP) is 1.29. The molecule has 1 fully saturated rings. The van der Waals surface area contributed by atoms with Crippen LogP contribution >= 0.6 is 0 Å². The van der Waals surface area contributed by atoms with E-state index in [0.717, 1.165) is 11.1 Å². The summed E-state index contributed by atoms with van der Waals surface area (Å²) in [5.41, 5.74) is 6.93. The third-order valence-electron chi connectivity index (χ3n) is 4.82. The summed E-state index contributed by atoms with van der Waals surface area (Å²) in [6, 6.07) is 6.53. The van der Waals surface area contributed by atoms with Crippen LogP contribution < -0.4 is 11.1 Å². The second-order valence-corrected chi connectivity index (χ2v) is 8.18. The highest BCUT2D eigenvalue weighted by atomic mass is 16.2. The Labute approximate surface area is 160 Å². The van der Waals surface area contributed by atoms with Gasteiger partial charge >= 0.3 is 6.03 Å². The molecule has 7 heteroatoms. The van der Waals surface area contributed by atoms with Gasteiger partial charge in [0.2, 0.25) is 11.8 Å². The van der Waals surface area contributed by atoms with E-state index in [1.54, 1.807) is 9.80 Å². The van der Waals surface area contributed by atoms with Crippen molar-refractivity contribution >= 4 is 17.8 Å². The van der Waals surface area contributed by atoms with E-state index in [4.69, 9.17) is 5.73 Å². The van der Waals surface area contributed by atoms with Crippen LogP contribution in [0.25, 0.3) is 0 Å². The average molecular weight is 374 g/mol. The first-order chi connectivity index (χ1) is 12.6. The molecule has 0 spiro atoms. The van der Waals surface area contributed by atoms with Crippen LogP contribution in [0.1, 0.15) is 31.9 Å². The topological polar surface area (TPSA) is 95.7 Å². The van der Waals surface area contributed by atoms with Gasteiger partial charge in [-0.15, -0.1) is 0 Å². The summed E-state index contributed by atoms with van der Waals surface area (Å²) in [5.74, 6) is -0.0967. The Bertz CT molecular complexity index is 686. The molecular formula is C20H30N4O3. The summed E-state index contributed by atoms with van der Waals surface area (Å²) >= 11 is 0. The molecule has 1 aromatic rings. The van der Waals surface area contributed by atoms with Crippen molar-refractivity contribution in [3.05, 3.63) is 35.4 Å². The number of piperazine rings is 1. The number of nitrogens with two attached hydrogens (primary N) is 1. The maximum atomic E-state index is 12.8. The second kappa shape index (κ2) is 8.41. The molecule has 27 heavy (non-hydrogen) atoms. The molecule has 4 amide bonds. The van der Waals surface area contributed by atoms with Gasteiger partial charge < -0.3 is 20.9 Å². The Morgan fingerprint density at radius 1 is 1.04 bits per heavy atom. The Morgan fingerprint density at radius 2 is 1.56 bits per heavy atom. The Kier molecular flexibility index (Phi) is 6.46. The number of carbonyl (C=O) groups excluding carboxylic acids is 3. The second-order valence-electron chi connectivity index (χ2n) is 8.18. The highest BCUT2D eigenvalue weighted by Gasteiger charge is 2.36. The zero-order valence-electron chi connectivity index (χ0n) is 16.6. The third kappa shape index (κ3) is 5.70. The number of hydrogen-bond donors (Lipinski definition) is 2. The minimum absolute atomic E-state index is 0.0635. The van der Waals surface area contributed by atoms with Crippen molar-refractivity contribution < 1.29 is 14.4 Å². The van der Waals surface area contributed by atoms with E-state index in [1.165, 1.54) is 0 Å². The van der Waals surface area contributed by atoms with E-state index < -0.39 is 17.5 Å². The van der Waals surface area contributed by atoms with Gasteiger partial charge in [0.25, 0.3) is 0 Å². The van der Waals surface area contributed by atoms with E-state index in [2.05, 4.69) is 5.32 Å². The van der Waals surface area contributed by atoms with Gasteiger partial charge in [-0.1, -0.05) is 50.6 Å². The number of amides is 4. The van der Waals surface area contributed by atoms with E-state index in [0.29, 0.717) is 32.6 Å². The number of benzene rings is 1. The number of hydrogen-bond acceptors (Lipinski definition) is 3. The first-order valence-corrected chi connectivity index (χ1v) is 9.26. The third-order valence-corrected chi connectivity index (χ3v) is 4.82. The van der Waals surface area contributed by atoms with E-state index >= 15 is 0 Å². The summed E-state index contributed by atoms with van der Waals surface area (Å²) in [7, 11) is 0. The molecule has 7 nitrogen and oxygen atoms in total. The van der Waals surface area contributed by atoms with Crippen molar-refractivity contribution in [2.45, 2.75) is 40.2 Å². The van der Waals surface area contributed by atoms with E-state index in [-0.39, 0.29) is 11.8 Å². The fraction of sp³-hybridized carbons (Fsp3) is 0.550. The molecule has 0 aromatic heterocycles. The molecule has 1 heterocycles. The zero-order valence-corrected chi connectivity index (χ0v) is 16.6. The maximum Gasteiger partial charge on any atom is 0.312 e. The van der Waals surface area contributed by atoms with Gasteiger partial charge in [0.15, 0.2) is 0 Å². The molecule has 0 saturated carbocycles. The molecule has 148 valence electrons. The summed E-state index contributed by atoms with van der Waals surface area (Å²) in [5, 5.41) is 2.56. The van der Waals surface area contributed by atoms with Crippen LogP contribution in [0.5, 0.6) is 0 Å². The first-order valence-electron chi connectivity index (χ1n) is 9.26. The summed E-state index contributed by atoms with van der Waals surface area (Å²) in [6.45, 7) is 9.54. The summed E-state index contributed by atoms with van der Waals surface area (Å²) < 4.78 is 0. The number of nitrogens with one attached hydrogen (secondary N) is 1.